The lowest BCUT2D eigenvalue weighted by Gasteiger charge is -2.18. The molecule has 0 aromatic carbocycles. The third-order valence-electron chi connectivity index (χ3n) is 2.82. The Morgan fingerprint density at radius 1 is 1.54 bits per heavy atom. The van der Waals surface area contributed by atoms with Crippen LogP contribution in [0.4, 0.5) is 0 Å². The number of allylic oxidation sites excluding steroid dienone is 1. The SMILES string of the molecule is CC(C)CCCC1=CCC(N)CC1. The van der Waals surface area contributed by atoms with Crippen LogP contribution in [-0.4, -0.2) is 6.04 Å². The Morgan fingerprint density at radius 2 is 2.31 bits per heavy atom. The van der Waals surface area contributed by atoms with Crippen molar-refractivity contribution in [2.45, 2.75) is 58.4 Å². The number of rotatable bonds is 4. The molecular weight excluding hydrogens is 158 g/mol. The average molecular weight is 181 g/mol. The monoisotopic (exact) mass is 181 g/mol. The van der Waals surface area contributed by atoms with E-state index in [0.717, 1.165) is 12.3 Å². The van der Waals surface area contributed by atoms with Crippen molar-refractivity contribution in [3.8, 4) is 0 Å². The second kappa shape index (κ2) is 5.43. The van der Waals surface area contributed by atoms with E-state index in [1.807, 2.05) is 0 Å². The Bertz CT molecular complexity index is 170. The molecule has 0 saturated carbocycles. The molecule has 13 heavy (non-hydrogen) atoms. The van der Waals surface area contributed by atoms with Crippen LogP contribution in [0.1, 0.15) is 52.4 Å². The third-order valence-corrected chi connectivity index (χ3v) is 2.82. The first kappa shape index (κ1) is 10.8. The van der Waals surface area contributed by atoms with Crippen LogP contribution >= 0.6 is 0 Å². The van der Waals surface area contributed by atoms with Crippen molar-refractivity contribution in [1.82, 2.24) is 0 Å². The highest BCUT2D eigenvalue weighted by molar-refractivity contribution is 5.07. The molecule has 1 rings (SSSR count). The molecule has 0 heterocycles. The molecule has 0 aliphatic heterocycles. The van der Waals surface area contributed by atoms with Gasteiger partial charge in [-0.3, -0.25) is 0 Å². The second-order valence-electron chi connectivity index (χ2n) is 4.68. The average Bonchev–Trinajstić information content (AvgIpc) is 2.08. The molecule has 0 spiro atoms. The van der Waals surface area contributed by atoms with Gasteiger partial charge in [0.25, 0.3) is 0 Å². The number of hydrogen-bond acceptors (Lipinski definition) is 1. The largest absolute Gasteiger partial charge is 0.327 e. The molecule has 1 unspecified atom stereocenters. The molecule has 1 nitrogen and oxygen atoms in total. The molecule has 0 radical (unpaired) electrons. The lowest BCUT2D eigenvalue weighted by Crippen LogP contribution is -2.21. The minimum Gasteiger partial charge on any atom is -0.327 e. The van der Waals surface area contributed by atoms with Gasteiger partial charge in [0.15, 0.2) is 0 Å². The van der Waals surface area contributed by atoms with E-state index in [1.165, 1.54) is 32.1 Å². The minimum atomic E-state index is 0.439. The Morgan fingerprint density at radius 3 is 2.85 bits per heavy atom. The summed E-state index contributed by atoms with van der Waals surface area (Å²) in [5.41, 5.74) is 7.48. The molecule has 0 amide bonds. The fraction of sp³-hybridized carbons (Fsp3) is 0.833. The first-order chi connectivity index (χ1) is 6.18. The predicted octanol–water partition coefficient (Wildman–Crippen LogP) is 3.25. The molecule has 0 saturated heterocycles. The van der Waals surface area contributed by atoms with E-state index in [9.17, 15) is 0 Å². The van der Waals surface area contributed by atoms with Crippen molar-refractivity contribution >= 4 is 0 Å². The van der Waals surface area contributed by atoms with Crippen LogP contribution in [0, 0.1) is 5.92 Å². The summed E-state index contributed by atoms with van der Waals surface area (Å²) >= 11 is 0. The van der Waals surface area contributed by atoms with Crippen LogP contribution < -0.4 is 5.73 Å². The van der Waals surface area contributed by atoms with Crippen molar-refractivity contribution in [3.63, 3.8) is 0 Å². The lowest BCUT2D eigenvalue weighted by atomic mass is 9.92. The Balaban J connectivity index is 2.15. The van der Waals surface area contributed by atoms with Gasteiger partial charge in [-0.1, -0.05) is 31.9 Å². The van der Waals surface area contributed by atoms with Gasteiger partial charge in [-0.15, -0.1) is 0 Å². The summed E-state index contributed by atoms with van der Waals surface area (Å²) in [5, 5.41) is 0. The maximum absolute atomic E-state index is 5.83. The summed E-state index contributed by atoms with van der Waals surface area (Å²) in [7, 11) is 0. The Kier molecular flexibility index (Phi) is 4.51. The molecule has 0 fully saturated rings. The van der Waals surface area contributed by atoms with Crippen LogP contribution in [0.25, 0.3) is 0 Å². The zero-order valence-electron chi connectivity index (χ0n) is 9.05. The van der Waals surface area contributed by atoms with E-state index in [1.54, 1.807) is 5.57 Å². The van der Waals surface area contributed by atoms with Crippen molar-refractivity contribution < 1.29 is 0 Å². The van der Waals surface area contributed by atoms with Gasteiger partial charge in [-0.25, -0.2) is 0 Å². The van der Waals surface area contributed by atoms with E-state index in [-0.39, 0.29) is 0 Å². The smallest absolute Gasteiger partial charge is 0.00765 e. The quantitative estimate of drug-likeness (QED) is 0.662. The van der Waals surface area contributed by atoms with Crippen LogP contribution in [0.2, 0.25) is 0 Å². The summed E-state index contributed by atoms with van der Waals surface area (Å²) in [4.78, 5) is 0. The van der Waals surface area contributed by atoms with Gasteiger partial charge in [-0.05, 0) is 38.0 Å². The molecule has 1 heteroatoms. The van der Waals surface area contributed by atoms with Crippen molar-refractivity contribution in [3.05, 3.63) is 11.6 Å². The fourth-order valence-electron chi connectivity index (χ4n) is 1.87. The molecule has 1 aliphatic rings. The highest BCUT2D eigenvalue weighted by Gasteiger charge is 2.09. The Hall–Kier alpha value is -0.300. The van der Waals surface area contributed by atoms with E-state index >= 15 is 0 Å². The van der Waals surface area contributed by atoms with E-state index < -0.39 is 0 Å². The van der Waals surface area contributed by atoms with E-state index in [4.69, 9.17) is 5.73 Å². The maximum Gasteiger partial charge on any atom is 0.00765 e. The van der Waals surface area contributed by atoms with Crippen LogP contribution in [0.3, 0.4) is 0 Å². The summed E-state index contributed by atoms with van der Waals surface area (Å²) in [6.45, 7) is 4.59. The summed E-state index contributed by atoms with van der Waals surface area (Å²) in [6.07, 6.45) is 9.96. The van der Waals surface area contributed by atoms with Crippen LogP contribution in [0.5, 0.6) is 0 Å². The summed E-state index contributed by atoms with van der Waals surface area (Å²) < 4.78 is 0. The fourth-order valence-corrected chi connectivity index (χ4v) is 1.87. The highest BCUT2D eigenvalue weighted by atomic mass is 14.6. The second-order valence-corrected chi connectivity index (χ2v) is 4.68. The standard InChI is InChI=1S/C12H23N/c1-10(2)4-3-5-11-6-8-12(13)9-7-11/h6,10,12H,3-5,7-9,13H2,1-2H3. The maximum atomic E-state index is 5.83. The van der Waals surface area contributed by atoms with E-state index in [2.05, 4.69) is 19.9 Å². The topological polar surface area (TPSA) is 26.0 Å². The lowest BCUT2D eigenvalue weighted by molar-refractivity contribution is 0.530. The van der Waals surface area contributed by atoms with Gasteiger partial charge in [0.05, 0.1) is 0 Å². The van der Waals surface area contributed by atoms with Crippen molar-refractivity contribution in [2.75, 3.05) is 0 Å². The first-order valence-corrected chi connectivity index (χ1v) is 5.62. The Labute approximate surface area is 82.4 Å². The van der Waals surface area contributed by atoms with Crippen molar-refractivity contribution in [2.24, 2.45) is 11.7 Å². The summed E-state index contributed by atoms with van der Waals surface area (Å²) in [5.74, 6) is 0.853. The normalized spacial score (nSPS) is 23.4. The molecule has 0 aromatic rings. The molecular formula is C12H23N. The van der Waals surface area contributed by atoms with Gasteiger partial charge in [-0.2, -0.15) is 0 Å². The zero-order chi connectivity index (χ0) is 9.68. The molecule has 2 N–H and O–H groups in total. The minimum absolute atomic E-state index is 0.439. The van der Waals surface area contributed by atoms with Crippen LogP contribution in [0.15, 0.2) is 11.6 Å². The molecule has 76 valence electrons. The van der Waals surface area contributed by atoms with Crippen molar-refractivity contribution in [1.29, 1.82) is 0 Å². The highest BCUT2D eigenvalue weighted by Crippen LogP contribution is 2.22. The molecule has 1 atom stereocenters. The predicted molar refractivity (Wildman–Crippen MR) is 58.6 cm³/mol. The zero-order valence-corrected chi connectivity index (χ0v) is 9.05. The third kappa shape index (κ3) is 4.47. The summed E-state index contributed by atoms with van der Waals surface area (Å²) in [6, 6.07) is 0.439. The molecule has 1 aliphatic carbocycles. The molecule has 0 aromatic heterocycles. The molecule has 0 bridgehead atoms. The number of hydrogen-bond donors (Lipinski definition) is 1. The van der Waals surface area contributed by atoms with Gasteiger partial charge >= 0.3 is 0 Å². The van der Waals surface area contributed by atoms with Gasteiger partial charge in [0.2, 0.25) is 0 Å². The van der Waals surface area contributed by atoms with Gasteiger partial charge < -0.3 is 5.73 Å². The van der Waals surface area contributed by atoms with Crippen LogP contribution in [-0.2, 0) is 0 Å². The first-order valence-electron chi connectivity index (χ1n) is 5.62. The van der Waals surface area contributed by atoms with E-state index in [0.29, 0.717) is 6.04 Å². The van der Waals surface area contributed by atoms with Gasteiger partial charge in [0, 0.05) is 6.04 Å². The van der Waals surface area contributed by atoms with Gasteiger partial charge in [0.1, 0.15) is 0 Å². The number of nitrogens with two attached hydrogens (primary N) is 1.